The maximum absolute atomic E-state index is 11.9. The lowest BCUT2D eigenvalue weighted by molar-refractivity contribution is 0.0946. The monoisotopic (exact) mass is 269 g/mol. The first-order chi connectivity index (χ1) is 7.00. The molecule has 0 aliphatic rings. The van der Waals surface area contributed by atoms with E-state index in [4.69, 9.17) is 0 Å². The maximum atomic E-state index is 11.9. The third kappa shape index (κ3) is 3.76. The molecule has 2 nitrogen and oxygen atoms in total. The van der Waals surface area contributed by atoms with Gasteiger partial charge in [-0.2, -0.15) is 0 Å². The molecule has 0 saturated heterocycles. The maximum Gasteiger partial charge on any atom is 0.179 e. The zero-order valence-corrected chi connectivity index (χ0v) is 10.8. The fourth-order valence-corrected chi connectivity index (χ4v) is 1.70. The van der Waals surface area contributed by atoms with Gasteiger partial charge in [-0.25, -0.2) is 0 Å². The van der Waals surface area contributed by atoms with E-state index in [0.717, 1.165) is 10.0 Å². The van der Waals surface area contributed by atoms with E-state index in [-0.39, 0.29) is 11.8 Å². The Morgan fingerprint density at radius 3 is 2.20 bits per heavy atom. The van der Waals surface area contributed by atoms with Gasteiger partial charge in [0.1, 0.15) is 0 Å². The number of benzene rings is 1. The number of hydrogen-bond donors (Lipinski definition) is 1. The summed E-state index contributed by atoms with van der Waals surface area (Å²) in [7, 11) is 0. The molecule has 1 aromatic rings. The first-order valence-corrected chi connectivity index (χ1v) is 5.86. The van der Waals surface area contributed by atoms with Gasteiger partial charge >= 0.3 is 0 Å². The molecule has 0 amide bonds. The van der Waals surface area contributed by atoms with Crippen LogP contribution in [-0.2, 0) is 0 Å². The van der Waals surface area contributed by atoms with Crippen LogP contribution in [0.2, 0.25) is 0 Å². The van der Waals surface area contributed by atoms with Crippen LogP contribution in [0.5, 0.6) is 0 Å². The van der Waals surface area contributed by atoms with E-state index in [1.165, 1.54) is 0 Å². The lowest BCUT2D eigenvalue weighted by Gasteiger charge is -2.15. The SMILES string of the molecule is CC(C)NC(C)C(=O)c1ccc(Br)cc1. The number of rotatable bonds is 4. The standard InChI is InChI=1S/C12H16BrNO/c1-8(2)14-9(3)12(15)10-4-6-11(13)7-5-10/h4-9,14H,1-3H3. The van der Waals surface area contributed by atoms with Crippen molar-refractivity contribution in [2.75, 3.05) is 0 Å². The Morgan fingerprint density at radius 2 is 1.73 bits per heavy atom. The van der Waals surface area contributed by atoms with Crippen LogP contribution < -0.4 is 5.32 Å². The Bertz CT molecular complexity index is 332. The van der Waals surface area contributed by atoms with Crippen LogP contribution in [0.4, 0.5) is 0 Å². The Morgan fingerprint density at radius 1 is 1.20 bits per heavy atom. The largest absolute Gasteiger partial charge is 0.305 e. The highest BCUT2D eigenvalue weighted by Gasteiger charge is 2.15. The van der Waals surface area contributed by atoms with Crippen LogP contribution in [0.25, 0.3) is 0 Å². The average Bonchev–Trinajstić information content (AvgIpc) is 2.17. The highest BCUT2D eigenvalue weighted by Crippen LogP contribution is 2.12. The van der Waals surface area contributed by atoms with Gasteiger partial charge in [0.25, 0.3) is 0 Å². The van der Waals surface area contributed by atoms with Gasteiger partial charge < -0.3 is 5.32 Å². The molecule has 0 aromatic heterocycles. The molecule has 3 heteroatoms. The second kappa shape index (κ2) is 5.42. The quantitative estimate of drug-likeness (QED) is 0.852. The van der Waals surface area contributed by atoms with Crippen molar-refractivity contribution in [2.24, 2.45) is 0 Å². The fourth-order valence-electron chi connectivity index (χ4n) is 1.44. The summed E-state index contributed by atoms with van der Waals surface area (Å²) in [6, 6.07) is 7.63. The van der Waals surface area contributed by atoms with Crippen molar-refractivity contribution in [2.45, 2.75) is 32.9 Å². The van der Waals surface area contributed by atoms with E-state index in [9.17, 15) is 4.79 Å². The topological polar surface area (TPSA) is 29.1 Å². The minimum Gasteiger partial charge on any atom is -0.305 e. The van der Waals surface area contributed by atoms with Crippen LogP contribution in [0, 0.1) is 0 Å². The number of ketones is 1. The molecule has 0 heterocycles. The summed E-state index contributed by atoms with van der Waals surface area (Å²) in [4.78, 5) is 11.9. The molecule has 1 aromatic carbocycles. The van der Waals surface area contributed by atoms with Gasteiger partial charge in [-0.1, -0.05) is 41.9 Å². The third-order valence-corrected chi connectivity index (χ3v) is 2.63. The molecule has 1 unspecified atom stereocenters. The molecule has 0 bridgehead atoms. The van der Waals surface area contributed by atoms with Gasteiger partial charge in [0.15, 0.2) is 5.78 Å². The van der Waals surface area contributed by atoms with E-state index in [0.29, 0.717) is 6.04 Å². The van der Waals surface area contributed by atoms with Gasteiger partial charge in [0.05, 0.1) is 6.04 Å². The number of nitrogens with one attached hydrogen (secondary N) is 1. The summed E-state index contributed by atoms with van der Waals surface area (Å²) in [6.45, 7) is 5.96. The molecule has 0 radical (unpaired) electrons. The summed E-state index contributed by atoms with van der Waals surface area (Å²) in [5, 5.41) is 3.19. The summed E-state index contributed by atoms with van der Waals surface area (Å²) in [5.74, 6) is 0.135. The van der Waals surface area contributed by atoms with Gasteiger partial charge in [-0.15, -0.1) is 0 Å². The van der Waals surface area contributed by atoms with E-state index in [1.54, 1.807) is 0 Å². The number of halogens is 1. The van der Waals surface area contributed by atoms with E-state index in [2.05, 4.69) is 21.2 Å². The zero-order chi connectivity index (χ0) is 11.4. The van der Waals surface area contributed by atoms with Crippen molar-refractivity contribution >= 4 is 21.7 Å². The molecule has 82 valence electrons. The molecular weight excluding hydrogens is 254 g/mol. The van der Waals surface area contributed by atoms with E-state index in [1.807, 2.05) is 45.0 Å². The Balaban J connectivity index is 2.72. The highest BCUT2D eigenvalue weighted by molar-refractivity contribution is 9.10. The molecule has 0 fully saturated rings. The van der Waals surface area contributed by atoms with Crippen LogP contribution in [0.15, 0.2) is 28.7 Å². The summed E-state index contributed by atoms with van der Waals surface area (Å²) >= 11 is 3.34. The van der Waals surface area contributed by atoms with Gasteiger partial charge in [-0.3, -0.25) is 4.79 Å². The number of carbonyl (C=O) groups excluding carboxylic acids is 1. The minimum atomic E-state index is -0.133. The minimum absolute atomic E-state index is 0.133. The number of hydrogen-bond acceptors (Lipinski definition) is 2. The molecule has 0 aliphatic heterocycles. The normalized spacial score (nSPS) is 12.9. The molecule has 0 saturated carbocycles. The van der Waals surface area contributed by atoms with Crippen molar-refractivity contribution in [1.82, 2.24) is 5.32 Å². The van der Waals surface area contributed by atoms with Crippen molar-refractivity contribution in [1.29, 1.82) is 0 Å². The smallest absolute Gasteiger partial charge is 0.179 e. The first-order valence-electron chi connectivity index (χ1n) is 5.06. The lowest BCUT2D eigenvalue weighted by Crippen LogP contribution is -2.38. The Labute approximate surface area is 99.2 Å². The van der Waals surface area contributed by atoms with E-state index >= 15 is 0 Å². The molecule has 15 heavy (non-hydrogen) atoms. The number of Topliss-reactive ketones (excluding diaryl/α,β-unsaturated/α-hetero) is 1. The van der Waals surface area contributed by atoms with Gasteiger partial charge in [-0.05, 0) is 19.1 Å². The predicted molar refractivity (Wildman–Crippen MR) is 66.2 cm³/mol. The van der Waals surface area contributed by atoms with Crippen molar-refractivity contribution in [3.05, 3.63) is 34.3 Å². The molecular formula is C12H16BrNO. The summed E-state index contributed by atoms with van der Waals surface area (Å²) in [6.07, 6.45) is 0. The number of carbonyl (C=O) groups is 1. The van der Waals surface area contributed by atoms with Crippen LogP contribution >= 0.6 is 15.9 Å². The molecule has 0 aliphatic carbocycles. The average molecular weight is 270 g/mol. The third-order valence-electron chi connectivity index (χ3n) is 2.11. The van der Waals surface area contributed by atoms with Crippen molar-refractivity contribution < 1.29 is 4.79 Å². The van der Waals surface area contributed by atoms with Crippen molar-refractivity contribution in [3.63, 3.8) is 0 Å². The Kier molecular flexibility index (Phi) is 4.48. The zero-order valence-electron chi connectivity index (χ0n) is 9.25. The molecule has 1 atom stereocenters. The summed E-state index contributed by atoms with van der Waals surface area (Å²) in [5.41, 5.74) is 0.749. The van der Waals surface area contributed by atoms with Crippen LogP contribution in [0.1, 0.15) is 31.1 Å². The van der Waals surface area contributed by atoms with Gasteiger partial charge in [0.2, 0.25) is 0 Å². The van der Waals surface area contributed by atoms with Crippen LogP contribution in [0.3, 0.4) is 0 Å². The van der Waals surface area contributed by atoms with Gasteiger partial charge in [0, 0.05) is 16.1 Å². The molecule has 0 spiro atoms. The highest BCUT2D eigenvalue weighted by atomic mass is 79.9. The second-order valence-electron chi connectivity index (χ2n) is 3.91. The fraction of sp³-hybridized carbons (Fsp3) is 0.417. The molecule has 1 N–H and O–H groups in total. The lowest BCUT2D eigenvalue weighted by atomic mass is 10.1. The Hall–Kier alpha value is -0.670. The van der Waals surface area contributed by atoms with Crippen molar-refractivity contribution in [3.8, 4) is 0 Å². The summed E-state index contributed by atoms with van der Waals surface area (Å²) < 4.78 is 0.989. The van der Waals surface area contributed by atoms with E-state index < -0.39 is 0 Å². The molecule has 1 rings (SSSR count). The second-order valence-corrected chi connectivity index (χ2v) is 4.83. The van der Waals surface area contributed by atoms with Crippen LogP contribution in [-0.4, -0.2) is 17.9 Å². The predicted octanol–water partition coefficient (Wildman–Crippen LogP) is 3.02. The first kappa shape index (κ1) is 12.4.